The predicted octanol–water partition coefficient (Wildman–Crippen LogP) is 1.97. The lowest BCUT2D eigenvalue weighted by Gasteiger charge is -2.15. The van der Waals surface area contributed by atoms with Crippen LogP contribution in [0.25, 0.3) is 6.08 Å². The van der Waals surface area contributed by atoms with Crippen LogP contribution in [0.5, 0.6) is 5.75 Å². The number of nitrogens with one attached hydrogen (secondary N) is 1. The highest BCUT2D eigenvalue weighted by Gasteiger charge is 2.16. The van der Waals surface area contributed by atoms with Gasteiger partial charge in [0.05, 0.1) is 12.3 Å². The Bertz CT molecular complexity index is 556. The maximum atomic E-state index is 11.6. The number of halogens is 1. The maximum absolute atomic E-state index is 11.6. The van der Waals surface area contributed by atoms with Crippen molar-refractivity contribution in [2.75, 3.05) is 6.61 Å². The van der Waals surface area contributed by atoms with Crippen LogP contribution in [0.15, 0.2) is 34.9 Å². The number of ether oxygens (including phenoxy) is 1. The second-order valence-corrected chi connectivity index (χ2v) is 5.05. The molecule has 5 nitrogen and oxygen atoms in total. The fraction of sp³-hybridized carbons (Fsp3) is 0.333. The number of fused-ring (bicyclic) bond motifs is 1. The van der Waals surface area contributed by atoms with Crippen LogP contribution in [-0.4, -0.2) is 24.8 Å². The molecule has 1 aromatic rings. The first kappa shape index (κ1) is 17.2. The predicted molar refractivity (Wildman–Crippen MR) is 86.6 cm³/mol. The van der Waals surface area contributed by atoms with Crippen LogP contribution in [0.1, 0.15) is 19.4 Å². The van der Waals surface area contributed by atoms with E-state index in [-0.39, 0.29) is 24.2 Å². The zero-order valence-electron chi connectivity index (χ0n) is 12.1. The molecule has 1 aromatic carbocycles. The molecular weight excluding hydrogens is 290 g/mol. The van der Waals surface area contributed by atoms with Gasteiger partial charge in [-0.05, 0) is 18.1 Å². The number of hydrogen-bond acceptors (Lipinski definition) is 4. The van der Waals surface area contributed by atoms with Gasteiger partial charge in [0.25, 0.3) is 5.91 Å². The molecule has 1 heterocycles. The van der Waals surface area contributed by atoms with Crippen LogP contribution in [0.3, 0.4) is 0 Å². The van der Waals surface area contributed by atoms with E-state index in [0.29, 0.717) is 6.61 Å². The van der Waals surface area contributed by atoms with Crippen molar-refractivity contribution in [3.8, 4) is 5.75 Å². The van der Waals surface area contributed by atoms with E-state index < -0.39 is 6.04 Å². The Morgan fingerprint density at radius 1 is 1.43 bits per heavy atom. The topological polar surface area (TPSA) is 76.7 Å². The summed E-state index contributed by atoms with van der Waals surface area (Å²) in [5.74, 6) is 0.652. The normalized spacial score (nSPS) is 14.8. The fourth-order valence-corrected chi connectivity index (χ4v) is 1.76. The third kappa shape index (κ3) is 4.58. The summed E-state index contributed by atoms with van der Waals surface area (Å²) in [6, 6.07) is 7.21. The molecular formula is C15H20ClN3O2. The molecule has 1 aliphatic rings. The highest BCUT2D eigenvalue weighted by Crippen LogP contribution is 2.24. The van der Waals surface area contributed by atoms with Gasteiger partial charge in [0.1, 0.15) is 12.4 Å². The number of rotatable bonds is 4. The van der Waals surface area contributed by atoms with E-state index in [9.17, 15) is 4.79 Å². The van der Waals surface area contributed by atoms with E-state index in [0.717, 1.165) is 16.9 Å². The molecule has 1 atom stereocenters. The highest BCUT2D eigenvalue weighted by molar-refractivity contribution is 5.89. The molecule has 1 aliphatic heterocycles. The van der Waals surface area contributed by atoms with E-state index in [2.05, 4.69) is 10.5 Å². The molecule has 0 bridgehead atoms. The smallest absolute Gasteiger partial charge is 0.257 e. The van der Waals surface area contributed by atoms with Gasteiger partial charge in [0.2, 0.25) is 0 Å². The SMILES string of the molecule is CC(C)C(N)C(=O)N/N=C/C1=Cc2ccccc2OC1.Cl. The van der Waals surface area contributed by atoms with E-state index in [1.54, 1.807) is 6.21 Å². The average molecular weight is 310 g/mol. The lowest BCUT2D eigenvalue weighted by Crippen LogP contribution is -2.42. The number of carbonyl (C=O) groups excluding carboxylic acids is 1. The summed E-state index contributed by atoms with van der Waals surface area (Å²) in [7, 11) is 0. The molecule has 3 N–H and O–H groups in total. The van der Waals surface area contributed by atoms with Crippen LogP contribution in [0.2, 0.25) is 0 Å². The van der Waals surface area contributed by atoms with Gasteiger partial charge < -0.3 is 10.5 Å². The largest absolute Gasteiger partial charge is 0.488 e. The Kier molecular flexibility index (Phi) is 6.39. The molecule has 0 aliphatic carbocycles. The van der Waals surface area contributed by atoms with Gasteiger partial charge in [-0.2, -0.15) is 5.10 Å². The lowest BCUT2D eigenvalue weighted by molar-refractivity contribution is -0.123. The number of nitrogens with zero attached hydrogens (tertiary/aromatic N) is 1. The fourth-order valence-electron chi connectivity index (χ4n) is 1.76. The molecule has 6 heteroatoms. The van der Waals surface area contributed by atoms with E-state index in [1.807, 2.05) is 44.2 Å². The first-order valence-electron chi connectivity index (χ1n) is 6.59. The van der Waals surface area contributed by atoms with Crippen molar-refractivity contribution < 1.29 is 9.53 Å². The first-order chi connectivity index (χ1) is 9.58. The van der Waals surface area contributed by atoms with Crippen LogP contribution < -0.4 is 15.9 Å². The molecule has 0 radical (unpaired) electrons. The summed E-state index contributed by atoms with van der Waals surface area (Å²) in [6.45, 7) is 4.22. The molecule has 0 spiro atoms. The molecule has 0 aromatic heterocycles. The number of amides is 1. The standard InChI is InChI=1S/C15H19N3O2.ClH/c1-10(2)14(16)15(19)18-17-8-11-7-12-5-3-4-6-13(12)20-9-11;/h3-8,10,14H,9,16H2,1-2H3,(H,18,19);1H/b17-8+;. The molecule has 1 amide bonds. The minimum atomic E-state index is -0.551. The Morgan fingerprint density at radius 2 is 2.14 bits per heavy atom. The summed E-state index contributed by atoms with van der Waals surface area (Å²) in [6.07, 6.45) is 3.57. The van der Waals surface area contributed by atoms with Crippen molar-refractivity contribution in [2.24, 2.45) is 16.8 Å². The molecule has 0 saturated heterocycles. The second-order valence-electron chi connectivity index (χ2n) is 5.05. The molecule has 114 valence electrons. The monoisotopic (exact) mass is 309 g/mol. The summed E-state index contributed by atoms with van der Waals surface area (Å²) < 4.78 is 5.58. The number of carbonyl (C=O) groups is 1. The van der Waals surface area contributed by atoms with Crippen LogP contribution in [-0.2, 0) is 4.79 Å². The van der Waals surface area contributed by atoms with Crippen molar-refractivity contribution in [3.05, 3.63) is 35.4 Å². The van der Waals surface area contributed by atoms with Crippen molar-refractivity contribution >= 4 is 30.6 Å². The Morgan fingerprint density at radius 3 is 2.86 bits per heavy atom. The van der Waals surface area contributed by atoms with Gasteiger partial charge in [0.15, 0.2) is 0 Å². The highest BCUT2D eigenvalue weighted by atomic mass is 35.5. The Hall–Kier alpha value is -1.85. The Labute approximate surface area is 130 Å². The molecule has 2 rings (SSSR count). The number of para-hydroxylation sites is 1. The average Bonchev–Trinajstić information content (AvgIpc) is 2.46. The molecule has 0 fully saturated rings. The first-order valence-corrected chi connectivity index (χ1v) is 6.59. The number of hydrazone groups is 1. The quantitative estimate of drug-likeness (QED) is 0.659. The number of benzene rings is 1. The summed E-state index contributed by atoms with van der Waals surface area (Å²) in [5.41, 5.74) is 10.1. The van der Waals surface area contributed by atoms with Crippen molar-refractivity contribution in [3.63, 3.8) is 0 Å². The lowest BCUT2D eigenvalue weighted by atomic mass is 10.1. The third-order valence-corrected chi connectivity index (χ3v) is 3.08. The van der Waals surface area contributed by atoms with Gasteiger partial charge in [-0.15, -0.1) is 12.4 Å². The zero-order chi connectivity index (χ0) is 14.5. The van der Waals surface area contributed by atoms with Crippen LogP contribution in [0.4, 0.5) is 0 Å². The van der Waals surface area contributed by atoms with E-state index >= 15 is 0 Å². The van der Waals surface area contributed by atoms with Crippen molar-refractivity contribution in [1.82, 2.24) is 5.43 Å². The number of nitrogens with two attached hydrogens (primary N) is 1. The minimum Gasteiger partial charge on any atom is -0.488 e. The second kappa shape index (κ2) is 7.81. The van der Waals surface area contributed by atoms with Gasteiger partial charge in [-0.3, -0.25) is 4.79 Å². The third-order valence-electron chi connectivity index (χ3n) is 3.08. The van der Waals surface area contributed by atoms with Crippen LogP contribution >= 0.6 is 12.4 Å². The van der Waals surface area contributed by atoms with E-state index in [1.165, 1.54) is 0 Å². The van der Waals surface area contributed by atoms with E-state index in [4.69, 9.17) is 10.5 Å². The zero-order valence-corrected chi connectivity index (χ0v) is 12.9. The maximum Gasteiger partial charge on any atom is 0.257 e. The van der Waals surface area contributed by atoms with Gasteiger partial charge in [-0.25, -0.2) is 5.43 Å². The number of hydrogen-bond donors (Lipinski definition) is 2. The van der Waals surface area contributed by atoms with Crippen molar-refractivity contribution in [2.45, 2.75) is 19.9 Å². The molecule has 21 heavy (non-hydrogen) atoms. The molecule has 0 saturated carbocycles. The van der Waals surface area contributed by atoms with Crippen LogP contribution in [0, 0.1) is 5.92 Å². The molecule has 1 unspecified atom stereocenters. The van der Waals surface area contributed by atoms with Crippen molar-refractivity contribution in [1.29, 1.82) is 0 Å². The minimum absolute atomic E-state index is 0. The summed E-state index contributed by atoms with van der Waals surface area (Å²) >= 11 is 0. The van der Waals surface area contributed by atoms with Gasteiger partial charge in [-0.1, -0.05) is 32.0 Å². The summed E-state index contributed by atoms with van der Waals surface area (Å²) in [4.78, 5) is 11.6. The Balaban J connectivity index is 0.00000220. The summed E-state index contributed by atoms with van der Waals surface area (Å²) in [5, 5.41) is 3.92. The van der Waals surface area contributed by atoms with Gasteiger partial charge in [0, 0.05) is 11.1 Å². The van der Waals surface area contributed by atoms with Gasteiger partial charge >= 0.3 is 0 Å².